The van der Waals surface area contributed by atoms with Gasteiger partial charge in [0.05, 0.1) is 2.74 Å². The van der Waals surface area contributed by atoms with Crippen LogP contribution in [-0.4, -0.2) is 4.98 Å². The molecule has 0 aliphatic carbocycles. The Morgan fingerprint density at radius 3 is 3.22 bits per heavy atom. The highest BCUT2D eigenvalue weighted by Gasteiger charge is 1.95. The highest BCUT2D eigenvalue weighted by atomic mass is 79.9. The highest BCUT2D eigenvalue weighted by molar-refractivity contribution is 9.10. The maximum Gasteiger partial charge on any atom is 0.111 e. The zero-order chi connectivity index (χ0) is 8.59. The Labute approximate surface area is 65.0 Å². The Morgan fingerprint density at radius 1 is 1.89 bits per heavy atom. The molecule has 1 heterocycles. The molecule has 0 unspecified atom stereocenters. The van der Waals surface area contributed by atoms with Crippen LogP contribution >= 0.6 is 15.9 Å². The van der Waals surface area contributed by atoms with E-state index >= 15 is 0 Å². The van der Waals surface area contributed by atoms with Crippen molar-refractivity contribution in [1.82, 2.24) is 4.98 Å². The molecule has 0 aliphatic rings. The number of aromatic nitrogens is 1. The van der Waals surface area contributed by atoms with Crippen LogP contribution < -0.4 is 5.73 Å². The first kappa shape index (κ1) is 4.28. The third kappa shape index (κ3) is 1.21. The molecule has 0 aliphatic heterocycles. The van der Waals surface area contributed by atoms with Gasteiger partial charge < -0.3 is 5.73 Å². The summed E-state index contributed by atoms with van der Waals surface area (Å²) in [5, 5.41) is 0. The van der Waals surface area contributed by atoms with Crippen molar-refractivity contribution in [3.05, 3.63) is 22.4 Å². The second-order valence-corrected chi connectivity index (χ2v) is 2.43. The van der Waals surface area contributed by atoms with Crippen LogP contribution in [0.1, 0.15) is 8.30 Å². The van der Waals surface area contributed by atoms with Crippen molar-refractivity contribution < 1.29 is 2.74 Å². The molecule has 1 aromatic rings. The fraction of sp³-hybridized carbons (Fsp3) is 0.167. The van der Waals surface area contributed by atoms with Gasteiger partial charge in [-0.05, 0) is 28.9 Å². The van der Waals surface area contributed by atoms with E-state index in [2.05, 4.69) is 20.9 Å². The predicted molar refractivity (Wildman–Crippen MR) is 41.1 cm³/mol. The molecule has 1 rings (SSSR count). The van der Waals surface area contributed by atoms with Gasteiger partial charge in [-0.3, -0.25) is 0 Å². The maximum atomic E-state index is 7.29. The van der Waals surface area contributed by atoms with Crippen LogP contribution in [0.15, 0.2) is 16.8 Å². The number of anilines is 1. The molecule has 0 amide bonds. The van der Waals surface area contributed by atoms with Crippen LogP contribution in [0.5, 0.6) is 0 Å². The van der Waals surface area contributed by atoms with E-state index in [1.165, 1.54) is 0 Å². The third-order valence-corrected chi connectivity index (χ3v) is 1.83. The summed E-state index contributed by atoms with van der Waals surface area (Å²) in [5.41, 5.74) is 6.54. The van der Waals surface area contributed by atoms with E-state index in [1.807, 2.05) is 0 Å². The van der Waals surface area contributed by atoms with Gasteiger partial charge >= 0.3 is 0 Å². The standard InChI is InChI=1S/C6H7BrN2/c1-4-5(8)2-3-9-6(4)7/h2-3H,1H3,(H2,8,9)/i2D,3D. The quantitative estimate of drug-likeness (QED) is 0.631. The van der Waals surface area contributed by atoms with Crippen LogP contribution in [0.25, 0.3) is 0 Å². The molecule has 0 spiro atoms. The van der Waals surface area contributed by atoms with Gasteiger partial charge in [0, 0.05) is 17.4 Å². The lowest BCUT2D eigenvalue weighted by Crippen LogP contribution is -1.90. The van der Waals surface area contributed by atoms with Gasteiger partial charge in [-0.2, -0.15) is 0 Å². The maximum absolute atomic E-state index is 7.29. The number of nitrogens with zero attached hydrogens (tertiary/aromatic N) is 1. The first-order chi connectivity index (χ1) is 5.04. The molecular formula is C6H7BrN2. The van der Waals surface area contributed by atoms with E-state index in [0.29, 0.717) is 15.9 Å². The summed E-state index contributed by atoms with van der Waals surface area (Å²) in [6, 6.07) is -0.00861. The summed E-state index contributed by atoms with van der Waals surface area (Å²) in [7, 11) is 0. The summed E-state index contributed by atoms with van der Waals surface area (Å²) in [6.45, 7) is 1.75. The molecule has 0 saturated heterocycles. The molecule has 2 N–H and O–H groups in total. The summed E-state index contributed by atoms with van der Waals surface area (Å²) < 4.78 is 15.0. The first-order valence-electron chi connectivity index (χ1n) is 3.42. The number of hydrogen-bond acceptors (Lipinski definition) is 2. The molecule has 0 aromatic carbocycles. The van der Waals surface area contributed by atoms with Crippen LogP contribution in [0.4, 0.5) is 5.69 Å². The fourth-order valence-corrected chi connectivity index (χ4v) is 0.728. The molecule has 1 aromatic heterocycles. The van der Waals surface area contributed by atoms with Crippen molar-refractivity contribution in [2.45, 2.75) is 6.92 Å². The zero-order valence-corrected chi connectivity index (χ0v) is 6.49. The molecule has 0 saturated carbocycles. The topological polar surface area (TPSA) is 38.9 Å². The third-order valence-electron chi connectivity index (χ3n) is 1.06. The molecule has 0 atom stereocenters. The molecule has 2 nitrogen and oxygen atoms in total. The van der Waals surface area contributed by atoms with E-state index in [-0.39, 0.29) is 12.2 Å². The van der Waals surface area contributed by atoms with Crippen molar-refractivity contribution in [1.29, 1.82) is 0 Å². The molecular weight excluding hydrogens is 180 g/mol. The second kappa shape index (κ2) is 2.35. The Balaban J connectivity index is 3.46. The van der Waals surface area contributed by atoms with E-state index < -0.39 is 0 Å². The zero-order valence-electron chi connectivity index (χ0n) is 6.90. The smallest absolute Gasteiger partial charge is 0.111 e. The van der Waals surface area contributed by atoms with E-state index in [1.54, 1.807) is 6.92 Å². The average Bonchev–Trinajstić information content (AvgIpc) is 1.97. The predicted octanol–water partition coefficient (Wildman–Crippen LogP) is 1.73. The highest BCUT2D eigenvalue weighted by Crippen LogP contribution is 2.17. The van der Waals surface area contributed by atoms with Gasteiger partial charge in [0.15, 0.2) is 0 Å². The first-order valence-corrected chi connectivity index (χ1v) is 3.22. The lowest BCUT2D eigenvalue weighted by molar-refractivity contribution is 1.22. The SMILES string of the molecule is [2H]c1nc(Br)c(C)c(N)c1[2H]. The van der Waals surface area contributed by atoms with Crippen molar-refractivity contribution >= 4 is 21.6 Å². The minimum absolute atomic E-state index is 0.00861. The van der Waals surface area contributed by atoms with Gasteiger partial charge in [0.2, 0.25) is 0 Å². The van der Waals surface area contributed by atoms with Crippen molar-refractivity contribution in [2.24, 2.45) is 0 Å². The monoisotopic (exact) mass is 188 g/mol. The Bertz CT molecular complexity index is 275. The summed E-state index contributed by atoms with van der Waals surface area (Å²) in [5.74, 6) is 0. The molecule has 0 bridgehead atoms. The summed E-state index contributed by atoms with van der Waals surface area (Å²) in [6.07, 6.45) is -0.0972. The molecule has 3 heteroatoms. The van der Waals surface area contributed by atoms with Gasteiger partial charge in [0.1, 0.15) is 4.60 Å². The van der Waals surface area contributed by atoms with Crippen LogP contribution in [0.3, 0.4) is 0 Å². The summed E-state index contributed by atoms with van der Waals surface area (Å²) >= 11 is 3.14. The van der Waals surface area contributed by atoms with E-state index in [4.69, 9.17) is 8.48 Å². The van der Waals surface area contributed by atoms with Crippen LogP contribution in [0.2, 0.25) is 0 Å². The van der Waals surface area contributed by atoms with Crippen LogP contribution in [-0.2, 0) is 0 Å². The largest absolute Gasteiger partial charge is 0.398 e. The molecule has 48 valence electrons. The van der Waals surface area contributed by atoms with E-state index in [9.17, 15) is 0 Å². The van der Waals surface area contributed by atoms with Gasteiger partial charge in [-0.15, -0.1) is 0 Å². The number of rotatable bonds is 0. The normalized spacial score (nSPS) is 12.7. The van der Waals surface area contributed by atoms with Gasteiger partial charge in [0.25, 0.3) is 0 Å². The summed E-state index contributed by atoms with van der Waals surface area (Å²) in [4.78, 5) is 3.75. The molecule has 0 radical (unpaired) electrons. The van der Waals surface area contributed by atoms with Crippen molar-refractivity contribution in [2.75, 3.05) is 5.73 Å². The lowest BCUT2D eigenvalue weighted by atomic mass is 10.3. The number of pyridine rings is 1. The van der Waals surface area contributed by atoms with Gasteiger partial charge in [-0.1, -0.05) is 0 Å². The lowest BCUT2D eigenvalue weighted by Gasteiger charge is -1.98. The Morgan fingerprint density at radius 2 is 2.56 bits per heavy atom. The molecule has 0 fully saturated rings. The van der Waals surface area contributed by atoms with Crippen molar-refractivity contribution in [3.8, 4) is 0 Å². The minimum atomic E-state index is -0.0972. The Hall–Kier alpha value is -0.570. The van der Waals surface area contributed by atoms with Crippen LogP contribution in [0, 0.1) is 6.92 Å². The number of nitrogens with two attached hydrogens (primary N) is 1. The van der Waals surface area contributed by atoms with Gasteiger partial charge in [-0.25, -0.2) is 4.98 Å². The average molecular weight is 189 g/mol. The van der Waals surface area contributed by atoms with Crippen molar-refractivity contribution in [3.63, 3.8) is 0 Å². The Kier molecular flexibility index (Phi) is 1.12. The number of nitrogen functional groups attached to an aromatic ring is 1. The second-order valence-electron chi connectivity index (χ2n) is 1.68. The minimum Gasteiger partial charge on any atom is -0.398 e. The number of hydrogen-bond donors (Lipinski definition) is 1. The number of halogens is 1. The fourth-order valence-electron chi connectivity index (χ4n) is 0.426. The molecule has 9 heavy (non-hydrogen) atoms. The van der Waals surface area contributed by atoms with E-state index in [0.717, 1.165) is 0 Å².